The van der Waals surface area contributed by atoms with Crippen LogP contribution in [0, 0.1) is 16.2 Å². The van der Waals surface area contributed by atoms with E-state index in [-0.39, 0.29) is 20.6 Å². The maximum atomic E-state index is 4.05. The average Bonchev–Trinajstić information content (AvgIpc) is 1.77. The molecule has 1 heteroatoms. The van der Waals surface area contributed by atoms with Crippen LogP contribution in [0.3, 0.4) is 0 Å². The summed E-state index contributed by atoms with van der Waals surface area (Å²) in [5.74, 6) is 0. The van der Waals surface area contributed by atoms with Crippen molar-refractivity contribution >= 4 is 15.9 Å². The highest BCUT2D eigenvalue weighted by Crippen LogP contribution is 2.59. The summed E-state index contributed by atoms with van der Waals surface area (Å²) in [7, 11) is 0. The molecule has 0 bridgehead atoms. The van der Waals surface area contributed by atoms with Crippen LogP contribution in [0.25, 0.3) is 0 Å². The highest BCUT2D eigenvalue weighted by molar-refractivity contribution is 9.10. The van der Waals surface area contributed by atoms with Crippen molar-refractivity contribution in [1.29, 1.82) is 0 Å². The van der Waals surface area contributed by atoms with Crippen molar-refractivity contribution in [2.45, 2.75) is 66.6 Å². The average molecular weight is 263 g/mol. The lowest BCUT2D eigenvalue weighted by Crippen LogP contribution is -2.56. The molecule has 86 valence electrons. The van der Waals surface area contributed by atoms with E-state index in [1.807, 2.05) is 0 Å². The van der Waals surface area contributed by atoms with E-state index in [4.69, 9.17) is 0 Å². The predicted octanol–water partition coefficient (Wildman–Crippen LogP) is 5.26. The van der Waals surface area contributed by atoms with Crippen LogP contribution in [0.15, 0.2) is 0 Å². The molecule has 0 heterocycles. The van der Waals surface area contributed by atoms with Crippen molar-refractivity contribution < 1.29 is 0 Å². The molecule has 0 nitrogen and oxygen atoms in total. The van der Waals surface area contributed by atoms with Crippen molar-refractivity contribution in [2.24, 2.45) is 16.2 Å². The van der Waals surface area contributed by atoms with E-state index in [0.29, 0.717) is 0 Å². The van der Waals surface area contributed by atoms with E-state index in [1.54, 1.807) is 0 Å². The van der Waals surface area contributed by atoms with E-state index >= 15 is 0 Å². The molecule has 0 saturated carbocycles. The van der Waals surface area contributed by atoms with Crippen LogP contribution in [-0.4, -0.2) is 4.32 Å². The minimum Gasteiger partial charge on any atom is -0.0836 e. The molecular formula is C13H27Br. The minimum atomic E-state index is 0.125. The molecule has 0 unspecified atom stereocenters. The second kappa shape index (κ2) is 3.50. The standard InChI is InChI=1S/C13H27Br/c1-10(2,3)13(14,11(4,5)6)12(7,8)9/h1-9H3. The van der Waals surface area contributed by atoms with Gasteiger partial charge in [-0.25, -0.2) is 0 Å². The van der Waals surface area contributed by atoms with Crippen LogP contribution >= 0.6 is 15.9 Å². The SMILES string of the molecule is CC(C)(C)C(Br)(C(C)(C)C)C(C)(C)C. The summed E-state index contributed by atoms with van der Waals surface area (Å²) in [5, 5.41) is 0. The fourth-order valence-electron chi connectivity index (χ4n) is 3.38. The lowest BCUT2D eigenvalue weighted by Gasteiger charge is -2.57. The van der Waals surface area contributed by atoms with Gasteiger partial charge in [-0.2, -0.15) is 0 Å². The number of hydrogen-bond acceptors (Lipinski definition) is 0. The van der Waals surface area contributed by atoms with E-state index in [2.05, 4.69) is 78.2 Å². The van der Waals surface area contributed by atoms with Gasteiger partial charge in [0.2, 0.25) is 0 Å². The largest absolute Gasteiger partial charge is 0.0836 e. The summed E-state index contributed by atoms with van der Waals surface area (Å²) in [5.41, 5.74) is 0.719. The highest BCUT2D eigenvalue weighted by Gasteiger charge is 2.55. The molecular weight excluding hydrogens is 236 g/mol. The third-order valence-electron chi connectivity index (χ3n) is 3.10. The van der Waals surface area contributed by atoms with Crippen LogP contribution in [0.4, 0.5) is 0 Å². The number of hydrogen-bond donors (Lipinski definition) is 0. The lowest BCUT2D eigenvalue weighted by atomic mass is 9.56. The van der Waals surface area contributed by atoms with Gasteiger partial charge in [-0.1, -0.05) is 78.2 Å². The molecule has 0 aliphatic carbocycles. The molecule has 0 aromatic carbocycles. The second-order valence-corrected chi connectivity index (χ2v) is 8.60. The fraction of sp³-hybridized carbons (Fsp3) is 1.00. The highest BCUT2D eigenvalue weighted by atomic mass is 79.9. The number of rotatable bonds is 0. The molecule has 0 atom stereocenters. The van der Waals surface area contributed by atoms with Gasteiger partial charge in [0, 0.05) is 4.32 Å². The second-order valence-electron chi connectivity index (χ2n) is 7.41. The van der Waals surface area contributed by atoms with Crippen LogP contribution < -0.4 is 0 Å². The van der Waals surface area contributed by atoms with Crippen LogP contribution in [0.1, 0.15) is 62.3 Å². The van der Waals surface area contributed by atoms with Gasteiger partial charge in [0.05, 0.1) is 0 Å². The summed E-state index contributed by atoms with van der Waals surface area (Å²) in [6.45, 7) is 20.9. The summed E-state index contributed by atoms with van der Waals surface area (Å²) in [6.07, 6.45) is 0. The summed E-state index contributed by atoms with van der Waals surface area (Å²) < 4.78 is 0.125. The Balaban J connectivity index is 5.54. The fourth-order valence-corrected chi connectivity index (χ4v) is 3.38. The summed E-state index contributed by atoms with van der Waals surface area (Å²) in [4.78, 5) is 0. The third kappa shape index (κ3) is 2.18. The third-order valence-corrected chi connectivity index (χ3v) is 6.67. The quantitative estimate of drug-likeness (QED) is 0.523. The Labute approximate surface area is 99.0 Å². The Morgan fingerprint density at radius 2 is 0.643 bits per heavy atom. The molecule has 0 radical (unpaired) electrons. The maximum absolute atomic E-state index is 4.05. The lowest BCUT2D eigenvalue weighted by molar-refractivity contribution is 0.0479. The summed E-state index contributed by atoms with van der Waals surface area (Å²) in [6, 6.07) is 0. The molecule has 0 aliphatic heterocycles. The molecule has 0 fully saturated rings. The normalized spacial score (nSPS) is 15.9. The zero-order chi connectivity index (χ0) is 12.0. The first-order chi connectivity index (χ1) is 5.75. The molecule has 0 spiro atoms. The smallest absolute Gasteiger partial charge is 0.0402 e. The van der Waals surface area contributed by atoms with E-state index in [1.165, 1.54) is 0 Å². The molecule has 0 N–H and O–H groups in total. The van der Waals surface area contributed by atoms with Crippen molar-refractivity contribution in [1.82, 2.24) is 0 Å². The molecule has 0 aromatic rings. The zero-order valence-electron chi connectivity index (χ0n) is 11.4. The minimum absolute atomic E-state index is 0.125. The van der Waals surface area contributed by atoms with Gasteiger partial charge in [0.1, 0.15) is 0 Å². The Bertz CT molecular complexity index is 159. The zero-order valence-corrected chi connectivity index (χ0v) is 13.0. The van der Waals surface area contributed by atoms with Gasteiger partial charge in [-0.15, -0.1) is 0 Å². The number of alkyl halides is 1. The molecule has 0 amide bonds. The van der Waals surface area contributed by atoms with Crippen molar-refractivity contribution in [3.8, 4) is 0 Å². The van der Waals surface area contributed by atoms with Gasteiger partial charge in [0.25, 0.3) is 0 Å². The first-order valence-corrected chi connectivity index (χ1v) is 6.23. The Kier molecular flexibility index (Phi) is 3.62. The first kappa shape index (κ1) is 14.5. The number of halogens is 1. The molecule has 0 rings (SSSR count). The van der Waals surface area contributed by atoms with Crippen LogP contribution in [-0.2, 0) is 0 Å². The Hall–Kier alpha value is 0.480. The molecule has 14 heavy (non-hydrogen) atoms. The Morgan fingerprint density at radius 1 is 0.500 bits per heavy atom. The Morgan fingerprint density at radius 3 is 0.643 bits per heavy atom. The van der Waals surface area contributed by atoms with Crippen LogP contribution in [0.5, 0.6) is 0 Å². The van der Waals surface area contributed by atoms with Crippen molar-refractivity contribution in [2.75, 3.05) is 0 Å². The van der Waals surface area contributed by atoms with Gasteiger partial charge in [0.15, 0.2) is 0 Å². The molecule has 0 aliphatic rings. The van der Waals surface area contributed by atoms with Gasteiger partial charge >= 0.3 is 0 Å². The first-order valence-electron chi connectivity index (χ1n) is 5.44. The van der Waals surface area contributed by atoms with E-state index in [0.717, 1.165) is 0 Å². The van der Waals surface area contributed by atoms with E-state index < -0.39 is 0 Å². The maximum Gasteiger partial charge on any atom is 0.0402 e. The van der Waals surface area contributed by atoms with Gasteiger partial charge in [-0.05, 0) is 16.2 Å². The summed E-state index contributed by atoms with van der Waals surface area (Å²) >= 11 is 4.05. The van der Waals surface area contributed by atoms with Crippen molar-refractivity contribution in [3.05, 3.63) is 0 Å². The predicted molar refractivity (Wildman–Crippen MR) is 70.0 cm³/mol. The monoisotopic (exact) mass is 262 g/mol. The van der Waals surface area contributed by atoms with Crippen molar-refractivity contribution in [3.63, 3.8) is 0 Å². The topological polar surface area (TPSA) is 0 Å². The van der Waals surface area contributed by atoms with Gasteiger partial charge in [-0.3, -0.25) is 0 Å². The molecule has 0 saturated heterocycles. The van der Waals surface area contributed by atoms with Crippen LogP contribution in [0.2, 0.25) is 0 Å². The van der Waals surface area contributed by atoms with E-state index in [9.17, 15) is 0 Å². The van der Waals surface area contributed by atoms with Gasteiger partial charge < -0.3 is 0 Å². The molecule has 0 aromatic heterocycles.